The lowest BCUT2D eigenvalue weighted by Gasteiger charge is -2.22. The molecule has 1 amide bonds. The Morgan fingerprint density at radius 2 is 1.75 bits per heavy atom. The molecule has 0 atom stereocenters. The van der Waals surface area contributed by atoms with Gasteiger partial charge in [0, 0.05) is 31.7 Å². The molecule has 2 aromatic carbocycles. The highest BCUT2D eigenvalue weighted by molar-refractivity contribution is 7.89. The zero-order valence-corrected chi connectivity index (χ0v) is 16.4. The summed E-state index contributed by atoms with van der Waals surface area (Å²) in [5.41, 5.74) is 0.657. The van der Waals surface area contributed by atoms with Crippen molar-refractivity contribution in [3.63, 3.8) is 0 Å². The SMILES string of the molecule is COc1ccc(C(=O)N2CCCN(S(=O)(=O)c3ccccc3C#N)CC2)cc1. The molecule has 0 N–H and O–H groups in total. The zero-order chi connectivity index (χ0) is 20.1. The van der Waals surface area contributed by atoms with Gasteiger partial charge in [0.05, 0.1) is 17.6 Å². The Bertz CT molecular complexity index is 997. The summed E-state index contributed by atoms with van der Waals surface area (Å²) >= 11 is 0. The maximum atomic E-state index is 13.0. The lowest BCUT2D eigenvalue weighted by atomic mass is 10.2. The summed E-state index contributed by atoms with van der Waals surface area (Å²) in [6.07, 6.45) is 0.524. The number of hydrogen-bond acceptors (Lipinski definition) is 5. The monoisotopic (exact) mass is 399 g/mol. The first-order valence-electron chi connectivity index (χ1n) is 8.90. The maximum absolute atomic E-state index is 13.0. The van der Waals surface area contributed by atoms with Crippen LogP contribution in [0.5, 0.6) is 5.75 Å². The summed E-state index contributed by atoms with van der Waals surface area (Å²) in [4.78, 5) is 14.4. The van der Waals surface area contributed by atoms with Crippen molar-refractivity contribution in [2.75, 3.05) is 33.3 Å². The quantitative estimate of drug-likeness (QED) is 0.785. The average Bonchev–Trinajstić information content (AvgIpc) is 3.00. The molecule has 0 radical (unpaired) electrons. The second-order valence-electron chi connectivity index (χ2n) is 6.39. The van der Waals surface area contributed by atoms with Crippen LogP contribution in [0.25, 0.3) is 0 Å². The molecular formula is C20H21N3O4S. The van der Waals surface area contributed by atoms with Gasteiger partial charge in [-0.25, -0.2) is 8.42 Å². The van der Waals surface area contributed by atoms with Crippen molar-refractivity contribution >= 4 is 15.9 Å². The standard InChI is InChI=1S/C20H21N3O4S/c1-27-18-9-7-16(8-10-18)20(24)22-11-4-12-23(14-13-22)28(25,26)19-6-3-2-5-17(19)15-21/h2-3,5-10H,4,11-14H2,1H3. The van der Waals surface area contributed by atoms with Gasteiger partial charge < -0.3 is 9.64 Å². The lowest BCUT2D eigenvalue weighted by Crippen LogP contribution is -2.37. The molecule has 28 heavy (non-hydrogen) atoms. The maximum Gasteiger partial charge on any atom is 0.253 e. The Morgan fingerprint density at radius 1 is 1.04 bits per heavy atom. The molecule has 1 aliphatic heterocycles. The second kappa shape index (κ2) is 8.42. The number of rotatable bonds is 4. The summed E-state index contributed by atoms with van der Waals surface area (Å²) in [6.45, 7) is 1.24. The van der Waals surface area contributed by atoms with Gasteiger partial charge in [0.1, 0.15) is 11.8 Å². The highest BCUT2D eigenvalue weighted by Gasteiger charge is 2.30. The third kappa shape index (κ3) is 4.01. The van der Waals surface area contributed by atoms with E-state index in [2.05, 4.69) is 0 Å². The van der Waals surface area contributed by atoms with E-state index in [-0.39, 0.29) is 22.9 Å². The number of carbonyl (C=O) groups excluding carboxylic acids is 1. The fourth-order valence-electron chi connectivity index (χ4n) is 3.18. The molecule has 146 valence electrons. The molecule has 3 rings (SSSR count). The van der Waals surface area contributed by atoms with E-state index >= 15 is 0 Å². The molecule has 1 heterocycles. The number of benzene rings is 2. The molecule has 0 spiro atoms. The van der Waals surface area contributed by atoms with Crippen LogP contribution in [0.3, 0.4) is 0 Å². The largest absolute Gasteiger partial charge is 0.497 e. The van der Waals surface area contributed by atoms with E-state index in [0.29, 0.717) is 37.4 Å². The van der Waals surface area contributed by atoms with Crippen molar-refractivity contribution in [1.29, 1.82) is 5.26 Å². The summed E-state index contributed by atoms with van der Waals surface area (Å²) < 4.78 is 32.4. The van der Waals surface area contributed by atoms with Crippen molar-refractivity contribution in [3.8, 4) is 11.8 Å². The normalized spacial score (nSPS) is 15.5. The molecular weight excluding hydrogens is 378 g/mol. The van der Waals surface area contributed by atoms with Crippen LogP contribution in [0.2, 0.25) is 0 Å². The predicted molar refractivity (Wildman–Crippen MR) is 103 cm³/mol. The van der Waals surface area contributed by atoms with Crippen LogP contribution in [0.1, 0.15) is 22.3 Å². The van der Waals surface area contributed by atoms with Crippen molar-refractivity contribution in [3.05, 3.63) is 59.7 Å². The molecule has 1 fully saturated rings. The van der Waals surface area contributed by atoms with Gasteiger partial charge in [0.25, 0.3) is 5.91 Å². The van der Waals surface area contributed by atoms with Crippen molar-refractivity contribution < 1.29 is 17.9 Å². The van der Waals surface area contributed by atoms with Gasteiger partial charge in [0.15, 0.2) is 0 Å². The van der Waals surface area contributed by atoms with Gasteiger partial charge in [-0.05, 0) is 42.8 Å². The third-order valence-corrected chi connectivity index (χ3v) is 6.66. The van der Waals surface area contributed by atoms with E-state index in [4.69, 9.17) is 4.74 Å². The van der Waals surface area contributed by atoms with Crippen molar-refractivity contribution in [1.82, 2.24) is 9.21 Å². The number of hydrogen-bond donors (Lipinski definition) is 0. The number of nitrogens with zero attached hydrogens (tertiary/aromatic N) is 3. The van der Waals surface area contributed by atoms with Crippen LogP contribution in [-0.2, 0) is 10.0 Å². The molecule has 1 aliphatic rings. The summed E-state index contributed by atoms with van der Waals surface area (Å²) in [7, 11) is -2.23. The van der Waals surface area contributed by atoms with Gasteiger partial charge >= 0.3 is 0 Å². The van der Waals surface area contributed by atoms with Crippen LogP contribution >= 0.6 is 0 Å². The molecule has 0 aliphatic carbocycles. The van der Waals surface area contributed by atoms with Crippen molar-refractivity contribution in [2.24, 2.45) is 0 Å². The fourth-order valence-corrected chi connectivity index (χ4v) is 4.79. The predicted octanol–water partition coefficient (Wildman–Crippen LogP) is 2.10. The molecule has 0 bridgehead atoms. The number of nitriles is 1. The molecule has 1 saturated heterocycles. The molecule has 2 aromatic rings. The Labute approximate surface area is 164 Å². The minimum absolute atomic E-state index is 0.00688. The van der Waals surface area contributed by atoms with Gasteiger partial charge in [-0.3, -0.25) is 4.79 Å². The number of sulfonamides is 1. The Morgan fingerprint density at radius 3 is 2.43 bits per heavy atom. The van der Waals surface area contributed by atoms with Gasteiger partial charge in [0.2, 0.25) is 10.0 Å². The van der Waals surface area contributed by atoms with Crippen molar-refractivity contribution in [2.45, 2.75) is 11.3 Å². The molecule has 8 heteroatoms. The van der Waals surface area contributed by atoms with Crippen LogP contribution < -0.4 is 4.74 Å². The Balaban J connectivity index is 1.75. The van der Waals surface area contributed by atoms with E-state index in [1.807, 2.05) is 6.07 Å². The third-order valence-electron chi connectivity index (χ3n) is 4.70. The minimum Gasteiger partial charge on any atom is -0.497 e. The molecule has 0 unspecified atom stereocenters. The lowest BCUT2D eigenvalue weighted by molar-refractivity contribution is 0.0764. The fraction of sp³-hybridized carbons (Fsp3) is 0.300. The summed E-state index contributed by atoms with van der Waals surface area (Å²) in [5.74, 6) is 0.528. The number of methoxy groups -OCH3 is 1. The molecule has 7 nitrogen and oxygen atoms in total. The first-order valence-corrected chi connectivity index (χ1v) is 10.3. The first kappa shape index (κ1) is 19.9. The van der Waals surface area contributed by atoms with E-state index in [0.717, 1.165) is 0 Å². The zero-order valence-electron chi connectivity index (χ0n) is 15.5. The molecule has 0 saturated carbocycles. The van der Waals surface area contributed by atoms with Gasteiger partial charge in [-0.1, -0.05) is 12.1 Å². The number of ether oxygens (including phenoxy) is 1. The Kier molecular flexibility index (Phi) is 5.97. The van der Waals surface area contributed by atoms with E-state index in [9.17, 15) is 18.5 Å². The second-order valence-corrected chi connectivity index (χ2v) is 8.29. The van der Waals surface area contributed by atoms with Crippen LogP contribution in [-0.4, -0.2) is 56.8 Å². The van der Waals surface area contributed by atoms with Crippen LogP contribution in [0.15, 0.2) is 53.4 Å². The molecule has 0 aromatic heterocycles. The highest BCUT2D eigenvalue weighted by Crippen LogP contribution is 2.22. The smallest absolute Gasteiger partial charge is 0.253 e. The number of amides is 1. The average molecular weight is 399 g/mol. The topological polar surface area (TPSA) is 90.7 Å². The minimum atomic E-state index is -3.79. The van der Waals surface area contributed by atoms with Crippen LogP contribution in [0.4, 0.5) is 0 Å². The Hall–Kier alpha value is -2.89. The van der Waals surface area contributed by atoms with E-state index in [1.165, 1.54) is 16.4 Å². The summed E-state index contributed by atoms with van der Waals surface area (Å²) in [5, 5.41) is 9.22. The van der Waals surface area contributed by atoms with E-state index in [1.54, 1.807) is 48.4 Å². The van der Waals surface area contributed by atoms with Gasteiger partial charge in [-0.15, -0.1) is 0 Å². The van der Waals surface area contributed by atoms with Gasteiger partial charge in [-0.2, -0.15) is 9.57 Å². The number of carbonyl (C=O) groups is 1. The highest BCUT2D eigenvalue weighted by atomic mass is 32.2. The first-order chi connectivity index (χ1) is 13.5. The summed E-state index contributed by atoms with van der Waals surface area (Å²) in [6, 6.07) is 14.9. The van der Waals surface area contributed by atoms with Crippen LogP contribution in [0, 0.1) is 11.3 Å². The van der Waals surface area contributed by atoms with E-state index < -0.39 is 10.0 Å².